The van der Waals surface area contributed by atoms with Gasteiger partial charge in [-0.1, -0.05) is 21.5 Å². The van der Waals surface area contributed by atoms with Gasteiger partial charge >= 0.3 is 5.97 Å². The Morgan fingerprint density at radius 3 is 2.50 bits per heavy atom. The van der Waals surface area contributed by atoms with E-state index in [4.69, 9.17) is 5.11 Å². The lowest BCUT2D eigenvalue weighted by Crippen LogP contribution is -1.89. The summed E-state index contributed by atoms with van der Waals surface area (Å²) < 4.78 is 0. The molecule has 0 aliphatic carbocycles. The average Bonchev–Trinajstić information content (AvgIpc) is 1.65. The van der Waals surface area contributed by atoms with Gasteiger partial charge in [-0.25, -0.2) is 4.79 Å². The maximum absolute atomic E-state index is 9.87. The van der Waals surface area contributed by atoms with Gasteiger partial charge in [0.05, 0.1) is 0 Å². The number of alkyl halides is 1. The van der Waals surface area contributed by atoms with E-state index in [1.54, 1.807) is 6.92 Å². The molecule has 3 heteroatoms. The fraction of sp³-hybridized carbons (Fsp3) is 0.400. The summed E-state index contributed by atoms with van der Waals surface area (Å²) in [6, 6.07) is 0. The molecule has 0 aliphatic rings. The molecule has 0 rings (SSSR count). The number of rotatable bonds is 2. The van der Waals surface area contributed by atoms with Gasteiger partial charge in [0, 0.05) is 11.4 Å². The van der Waals surface area contributed by atoms with Crippen LogP contribution in [-0.4, -0.2) is 16.4 Å². The van der Waals surface area contributed by atoms with Gasteiger partial charge in [0.2, 0.25) is 0 Å². The third-order valence-corrected chi connectivity index (χ3v) is 1.47. The summed E-state index contributed by atoms with van der Waals surface area (Å²) in [6.45, 7) is 1.75. The largest absolute Gasteiger partial charge is 0.478 e. The molecule has 46 valence electrons. The third-order valence-electron chi connectivity index (χ3n) is 0.581. The molecular weight excluding hydrogens is 172 g/mol. The highest BCUT2D eigenvalue weighted by molar-refractivity contribution is 9.09. The van der Waals surface area contributed by atoms with Gasteiger partial charge in [0.25, 0.3) is 0 Å². The van der Waals surface area contributed by atoms with Crippen LogP contribution in [0.5, 0.6) is 0 Å². The molecule has 2 nitrogen and oxygen atoms in total. The number of hydrogen-bond donors (Lipinski definition) is 1. The molecule has 0 unspecified atom stereocenters. The van der Waals surface area contributed by atoms with E-state index < -0.39 is 5.97 Å². The average molecular weight is 179 g/mol. The maximum atomic E-state index is 9.87. The lowest BCUT2D eigenvalue weighted by Gasteiger charge is -1.86. The lowest BCUT2D eigenvalue weighted by atomic mass is 10.3. The lowest BCUT2D eigenvalue weighted by molar-refractivity contribution is -0.131. The first-order valence-corrected chi connectivity index (χ1v) is 3.25. The normalized spacial score (nSPS) is 11.5. The Hall–Kier alpha value is -0.310. The van der Waals surface area contributed by atoms with Crippen LogP contribution in [0.1, 0.15) is 6.92 Å². The second kappa shape index (κ2) is 3.66. The van der Waals surface area contributed by atoms with Crippen molar-refractivity contribution in [2.45, 2.75) is 6.92 Å². The number of halogens is 1. The first kappa shape index (κ1) is 7.69. The smallest absolute Gasteiger partial charge is 0.328 e. The molecule has 0 aliphatic heterocycles. The molecule has 0 bridgehead atoms. The quantitative estimate of drug-likeness (QED) is 0.514. The summed E-state index contributed by atoms with van der Waals surface area (Å²) in [4.78, 5) is 9.87. The minimum atomic E-state index is -0.887. The minimum Gasteiger partial charge on any atom is -0.478 e. The Morgan fingerprint density at radius 1 is 1.88 bits per heavy atom. The summed E-state index contributed by atoms with van der Waals surface area (Å²) in [5.74, 6) is -0.887. The first-order chi connectivity index (χ1) is 3.66. The van der Waals surface area contributed by atoms with Crippen molar-refractivity contribution >= 4 is 21.9 Å². The molecule has 1 N–H and O–H groups in total. The highest BCUT2D eigenvalue weighted by Gasteiger charge is 1.88. The molecule has 0 heterocycles. The predicted octanol–water partition coefficient (Wildman–Crippen LogP) is 1.41. The topological polar surface area (TPSA) is 37.3 Å². The van der Waals surface area contributed by atoms with E-state index in [0.717, 1.165) is 5.57 Å². The standard InChI is InChI=1S/C5H7BrO2/c1-4(3-6)2-5(7)8/h2H,3H2,1H3,(H,7,8)/b4-2+. The molecule has 0 aromatic carbocycles. The summed E-state index contributed by atoms with van der Waals surface area (Å²) in [5.41, 5.74) is 0.817. The molecule has 8 heavy (non-hydrogen) atoms. The molecule has 0 radical (unpaired) electrons. The van der Waals surface area contributed by atoms with E-state index in [1.165, 1.54) is 6.08 Å². The van der Waals surface area contributed by atoms with Gasteiger partial charge in [-0.05, 0) is 6.92 Å². The zero-order valence-electron chi connectivity index (χ0n) is 4.52. The van der Waals surface area contributed by atoms with Gasteiger partial charge in [-0.3, -0.25) is 0 Å². The highest BCUT2D eigenvalue weighted by Crippen LogP contribution is 1.95. The molecule has 0 saturated carbocycles. The fourth-order valence-corrected chi connectivity index (χ4v) is 0.411. The van der Waals surface area contributed by atoms with Crippen LogP contribution in [0.25, 0.3) is 0 Å². The van der Waals surface area contributed by atoms with Crippen LogP contribution in [0, 0.1) is 0 Å². The van der Waals surface area contributed by atoms with Gasteiger partial charge in [0.1, 0.15) is 0 Å². The van der Waals surface area contributed by atoms with Crippen LogP contribution in [-0.2, 0) is 4.79 Å². The van der Waals surface area contributed by atoms with E-state index >= 15 is 0 Å². The highest BCUT2D eigenvalue weighted by atomic mass is 79.9. The van der Waals surface area contributed by atoms with Crippen LogP contribution in [0.15, 0.2) is 11.6 Å². The molecule has 0 amide bonds. The maximum Gasteiger partial charge on any atom is 0.328 e. The van der Waals surface area contributed by atoms with Gasteiger partial charge < -0.3 is 5.11 Å². The third kappa shape index (κ3) is 3.87. The second-order valence-electron chi connectivity index (χ2n) is 1.46. The zero-order chi connectivity index (χ0) is 6.57. The molecule has 0 fully saturated rings. The number of carbonyl (C=O) groups is 1. The number of carboxylic acid groups (broad SMARTS) is 1. The molecular formula is C5H7BrO2. The molecule has 0 saturated heterocycles. The summed E-state index contributed by atoms with van der Waals surface area (Å²) >= 11 is 3.11. The van der Waals surface area contributed by atoms with E-state index in [0.29, 0.717) is 5.33 Å². The van der Waals surface area contributed by atoms with E-state index in [-0.39, 0.29) is 0 Å². The van der Waals surface area contributed by atoms with Crippen molar-refractivity contribution in [2.24, 2.45) is 0 Å². The summed E-state index contributed by atoms with van der Waals surface area (Å²) in [5, 5.41) is 8.74. The Balaban J connectivity index is 3.75. The van der Waals surface area contributed by atoms with Crippen molar-refractivity contribution in [1.82, 2.24) is 0 Å². The SMILES string of the molecule is C/C(=C\C(=O)O)CBr. The van der Waals surface area contributed by atoms with Crippen LogP contribution < -0.4 is 0 Å². The molecule has 0 atom stereocenters. The molecule has 0 aromatic rings. The summed E-state index contributed by atoms with van der Waals surface area (Å²) in [7, 11) is 0. The molecule has 0 spiro atoms. The van der Waals surface area contributed by atoms with Crippen LogP contribution in [0.3, 0.4) is 0 Å². The van der Waals surface area contributed by atoms with Gasteiger partial charge in [-0.2, -0.15) is 0 Å². The van der Waals surface area contributed by atoms with Crippen molar-refractivity contribution in [3.63, 3.8) is 0 Å². The number of aliphatic carboxylic acids is 1. The van der Waals surface area contributed by atoms with E-state index in [2.05, 4.69) is 15.9 Å². The number of carboxylic acids is 1. The number of allylic oxidation sites excluding steroid dienone is 1. The Labute approximate surface area is 56.3 Å². The van der Waals surface area contributed by atoms with Crippen LogP contribution >= 0.6 is 15.9 Å². The monoisotopic (exact) mass is 178 g/mol. The second-order valence-corrected chi connectivity index (χ2v) is 2.02. The van der Waals surface area contributed by atoms with Crippen molar-refractivity contribution in [3.8, 4) is 0 Å². The van der Waals surface area contributed by atoms with Gasteiger partial charge in [-0.15, -0.1) is 0 Å². The van der Waals surface area contributed by atoms with Crippen molar-refractivity contribution in [3.05, 3.63) is 11.6 Å². The van der Waals surface area contributed by atoms with Gasteiger partial charge in [0.15, 0.2) is 0 Å². The number of hydrogen-bond acceptors (Lipinski definition) is 1. The Bertz CT molecular complexity index is 118. The van der Waals surface area contributed by atoms with Crippen molar-refractivity contribution < 1.29 is 9.90 Å². The van der Waals surface area contributed by atoms with Crippen LogP contribution in [0.4, 0.5) is 0 Å². The minimum absolute atomic E-state index is 0.624. The fourth-order valence-electron chi connectivity index (χ4n) is 0.249. The van der Waals surface area contributed by atoms with E-state index in [1.807, 2.05) is 0 Å². The van der Waals surface area contributed by atoms with Crippen LogP contribution in [0.2, 0.25) is 0 Å². The zero-order valence-corrected chi connectivity index (χ0v) is 6.10. The van der Waals surface area contributed by atoms with E-state index in [9.17, 15) is 4.79 Å². The summed E-state index contributed by atoms with van der Waals surface area (Å²) in [6.07, 6.45) is 1.18. The molecule has 0 aromatic heterocycles. The Kier molecular flexibility index (Phi) is 3.52. The Morgan fingerprint density at radius 2 is 2.38 bits per heavy atom. The predicted molar refractivity (Wildman–Crippen MR) is 35.2 cm³/mol. The van der Waals surface area contributed by atoms with Crippen molar-refractivity contribution in [2.75, 3.05) is 5.33 Å². The first-order valence-electron chi connectivity index (χ1n) is 2.13. The van der Waals surface area contributed by atoms with Crippen molar-refractivity contribution in [1.29, 1.82) is 0 Å².